The van der Waals surface area contributed by atoms with E-state index in [0.717, 1.165) is 5.75 Å². The van der Waals surface area contributed by atoms with Crippen molar-refractivity contribution in [2.24, 2.45) is 5.92 Å². The van der Waals surface area contributed by atoms with E-state index in [0.29, 0.717) is 22.6 Å². The normalized spacial score (nSPS) is 19.7. The fourth-order valence-corrected chi connectivity index (χ4v) is 8.18. The number of hydrogen-bond acceptors (Lipinski definition) is 5. The molecule has 0 unspecified atom stereocenters. The van der Waals surface area contributed by atoms with Crippen LogP contribution in [0, 0.1) is 5.92 Å². The summed E-state index contributed by atoms with van der Waals surface area (Å²) in [5.41, 5.74) is 0. The van der Waals surface area contributed by atoms with E-state index in [-0.39, 0.29) is 0 Å². The molecule has 0 radical (unpaired) electrons. The standard InChI is InChI=1S/C11H19OS2.C8HF17O3S/c12-11(10-3-1-2-4-10)9-14-7-5-13-6-8-14;9-1(10,3(13,14)5(17,18)7(21,22)23)2(11,12)4(15,16)6(19,20)8(24,25)29(26,27)28/h10H,1-9H2;(H,26,27,28)/q+1;/p-1. The molecule has 1 aliphatic heterocycles. The molecule has 0 bridgehead atoms. The number of rotatable bonds is 10. The van der Waals surface area contributed by atoms with Gasteiger partial charge in [0.15, 0.2) is 21.7 Å². The zero-order valence-electron chi connectivity index (χ0n) is 20.7. The number of carbonyl (C=O) groups is 1. The molecule has 2 rings (SSSR count). The molecule has 0 atom stereocenters. The molecule has 2 aliphatic rings. The number of carbonyl (C=O) groups excluding carboxylic acids is 1. The minimum absolute atomic E-state index is 0.456. The summed E-state index contributed by atoms with van der Waals surface area (Å²) in [4.78, 5) is 11.9. The SMILES string of the molecule is O=C(C[S+]1CCSCC1)C1CCCC1.O=S(=O)([O-])C(F)(F)C(F)(F)C(F)(F)C(F)(F)C(F)(F)C(F)(F)C(F)(F)C(F)(F)F. The van der Waals surface area contributed by atoms with Crippen LogP contribution in [-0.2, 0) is 25.8 Å². The van der Waals surface area contributed by atoms with E-state index in [2.05, 4.69) is 11.8 Å². The van der Waals surface area contributed by atoms with Gasteiger partial charge in [-0.05, 0) is 23.7 Å². The van der Waals surface area contributed by atoms with E-state index >= 15 is 0 Å². The molecular weight excluding hydrogens is 711 g/mol. The molecule has 1 aliphatic carbocycles. The first-order valence-electron chi connectivity index (χ1n) is 11.3. The van der Waals surface area contributed by atoms with E-state index in [4.69, 9.17) is 0 Å². The zero-order chi connectivity index (χ0) is 34.3. The summed E-state index contributed by atoms with van der Waals surface area (Å²) >= 11 is 2.05. The molecule has 4 nitrogen and oxygen atoms in total. The summed E-state index contributed by atoms with van der Waals surface area (Å²) in [5.74, 6) is -45.0. The van der Waals surface area contributed by atoms with Crippen LogP contribution in [0.4, 0.5) is 74.6 Å². The Bertz CT molecular complexity index is 1080. The topological polar surface area (TPSA) is 74.3 Å². The third-order valence-electron chi connectivity index (χ3n) is 6.20. The van der Waals surface area contributed by atoms with Gasteiger partial charge in [0.1, 0.15) is 11.5 Å². The van der Waals surface area contributed by atoms with E-state index in [1.54, 1.807) is 0 Å². The Balaban J connectivity index is 0.000000541. The largest absolute Gasteiger partial charge is 0.743 e. The maximum atomic E-state index is 13.0. The van der Waals surface area contributed by atoms with Crippen molar-refractivity contribution < 1.29 is 92.4 Å². The lowest BCUT2D eigenvalue weighted by Gasteiger charge is -2.42. The Morgan fingerprint density at radius 3 is 1.35 bits per heavy atom. The lowest BCUT2D eigenvalue weighted by molar-refractivity contribution is -0.458. The lowest BCUT2D eigenvalue weighted by atomic mass is 9.91. The zero-order valence-corrected chi connectivity index (χ0v) is 23.2. The third kappa shape index (κ3) is 7.09. The van der Waals surface area contributed by atoms with Gasteiger partial charge in [0.25, 0.3) is 0 Å². The van der Waals surface area contributed by atoms with Gasteiger partial charge in [-0.1, -0.05) is 12.8 Å². The van der Waals surface area contributed by atoms with Crippen LogP contribution in [-0.4, -0.2) is 94.5 Å². The maximum Gasteiger partial charge on any atom is 0.460 e. The average Bonchev–Trinajstić information content (AvgIpc) is 3.38. The summed E-state index contributed by atoms with van der Waals surface area (Å²) in [7, 11) is -7.68. The summed E-state index contributed by atoms with van der Waals surface area (Å²) in [6.07, 6.45) is -2.94. The quantitative estimate of drug-likeness (QED) is 0.144. The molecule has 2 fully saturated rings. The second-order valence-corrected chi connectivity index (χ2v) is 14.1. The van der Waals surface area contributed by atoms with Crippen LogP contribution in [0.3, 0.4) is 0 Å². The van der Waals surface area contributed by atoms with Gasteiger partial charge in [-0.15, -0.1) is 0 Å². The van der Waals surface area contributed by atoms with E-state index in [1.807, 2.05) is 0 Å². The van der Waals surface area contributed by atoms with Gasteiger partial charge in [-0.3, -0.25) is 4.79 Å². The molecule has 1 saturated carbocycles. The first-order chi connectivity index (χ1) is 18.9. The minimum Gasteiger partial charge on any atom is -0.743 e. The summed E-state index contributed by atoms with van der Waals surface area (Å²) < 4.78 is 244. The second-order valence-electron chi connectivity index (χ2n) is 9.14. The average molecular weight is 731 g/mol. The molecule has 0 aromatic carbocycles. The van der Waals surface area contributed by atoms with Crippen LogP contribution in [0.15, 0.2) is 0 Å². The molecule has 0 aromatic rings. The highest BCUT2D eigenvalue weighted by Gasteiger charge is 2.95. The first-order valence-corrected chi connectivity index (χ1v) is 15.6. The molecule has 1 heterocycles. The van der Waals surface area contributed by atoms with Gasteiger partial charge in [-0.25, -0.2) is 8.42 Å². The number of hydrogen-bond donors (Lipinski definition) is 0. The fourth-order valence-electron chi connectivity index (χ4n) is 3.58. The molecule has 0 spiro atoms. The number of alkyl halides is 17. The van der Waals surface area contributed by atoms with Gasteiger partial charge < -0.3 is 4.55 Å². The van der Waals surface area contributed by atoms with Crippen molar-refractivity contribution in [1.29, 1.82) is 0 Å². The van der Waals surface area contributed by atoms with Crippen LogP contribution in [0.25, 0.3) is 0 Å². The molecule has 1 saturated heterocycles. The molecular formula is C19H19F17O4S3. The Hall–Kier alpha value is -0.910. The van der Waals surface area contributed by atoms with Crippen molar-refractivity contribution >= 4 is 38.6 Å². The van der Waals surface area contributed by atoms with Crippen molar-refractivity contribution in [3.63, 3.8) is 0 Å². The predicted molar refractivity (Wildman–Crippen MR) is 117 cm³/mol. The predicted octanol–water partition coefficient (Wildman–Crippen LogP) is 6.61. The van der Waals surface area contributed by atoms with E-state index in [1.165, 1.54) is 48.7 Å². The highest BCUT2D eigenvalue weighted by atomic mass is 32.2. The summed E-state index contributed by atoms with van der Waals surface area (Å²) in [6, 6.07) is 0. The van der Waals surface area contributed by atoms with E-state index in [9.17, 15) is 92.4 Å². The van der Waals surface area contributed by atoms with Crippen LogP contribution in [0.1, 0.15) is 25.7 Å². The molecule has 0 N–H and O–H groups in total. The van der Waals surface area contributed by atoms with Crippen LogP contribution in [0.5, 0.6) is 0 Å². The van der Waals surface area contributed by atoms with Crippen LogP contribution in [0.2, 0.25) is 0 Å². The van der Waals surface area contributed by atoms with Crippen molar-refractivity contribution in [3.05, 3.63) is 0 Å². The molecule has 256 valence electrons. The second kappa shape index (κ2) is 12.7. The van der Waals surface area contributed by atoms with Gasteiger partial charge in [0.2, 0.25) is 0 Å². The number of thioether (sulfide) groups is 1. The van der Waals surface area contributed by atoms with Crippen LogP contribution >= 0.6 is 11.8 Å². The van der Waals surface area contributed by atoms with Crippen molar-refractivity contribution in [2.75, 3.05) is 28.8 Å². The molecule has 0 aromatic heterocycles. The Morgan fingerprint density at radius 2 is 1.00 bits per heavy atom. The Morgan fingerprint density at radius 1 is 0.651 bits per heavy atom. The van der Waals surface area contributed by atoms with Crippen molar-refractivity contribution in [2.45, 2.75) is 72.6 Å². The molecule has 0 amide bonds. The van der Waals surface area contributed by atoms with Gasteiger partial charge in [-0.2, -0.15) is 86.4 Å². The lowest BCUT2D eigenvalue weighted by Crippen LogP contribution is -2.75. The summed E-state index contributed by atoms with van der Waals surface area (Å²) in [6.45, 7) is 0. The highest BCUT2D eigenvalue weighted by molar-refractivity contribution is 8.05. The van der Waals surface area contributed by atoms with Crippen molar-refractivity contribution in [3.8, 4) is 0 Å². The first kappa shape index (κ1) is 40.1. The molecule has 43 heavy (non-hydrogen) atoms. The number of halogens is 17. The van der Waals surface area contributed by atoms with E-state index < -0.39 is 57.1 Å². The fraction of sp³-hybridized carbons (Fsp3) is 0.947. The number of Topliss-reactive ketones (excluding diaryl/α,β-unsaturated/α-hetero) is 1. The van der Waals surface area contributed by atoms with Gasteiger partial charge in [0.05, 0.1) is 0 Å². The maximum absolute atomic E-state index is 13.0. The monoisotopic (exact) mass is 730 g/mol. The Kier molecular flexibility index (Phi) is 11.9. The van der Waals surface area contributed by atoms with Gasteiger partial charge in [0, 0.05) is 17.4 Å². The Labute approximate surface area is 238 Å². The highest BCUT2D eigenvalue weighted by Crippen LogP contribution is 2.64. The third-order valence-corrected chi connectivity index (χ3v) is 10.8. The van der Waals surface area contributed by atoms with Crippen LogP contribution < -0.4 is 0 Å². The smallest absolute Gasteiger partial charge is 0.460 e. The minimum atomic E-state index is -8.92. The van der Waals surface area contributed by atoms with Gasteiger partial charge >= 0.3 is 47.0 Å². The molecule has 24 heteroatoms. The van der Waals surface area contributed by atoms with Crippen molar-refractivity contribution in [1.82, 2.24) is 0 Å². The number of ketones is 1. The summed E-state index contributed by atoms with van der Waals surface area (Å²) in [5, 5.41) is -7.95.